The van der Waals surface area contributed by atoms with Gasteiger partial charge in [-0.15, -0.1) is 0 Å². The first-order valence-corrected chi connectivity index (χ1v) is 6.46. The Bertz CT molecular complexity index is 620. The molecular weight excluding hydrogens is 300 g/mol. The summed E-state index contributed by atoms with van der Waals surface area (Å²) in [5, 5.41) is 4.35. The van der Waals surface area contributed by atoms with E-state index in [-0.39, 0.29) is 12.4 Å². The Kier molecular flexibility index (Phi) is 5.51. The maximum absolute atomic E-state index is 12.2. The lowest BCUT2D eigenvalue weighted by atomic mass is 10.2. The molecule has 0 aliphatic rings. The van der Waals surface area contributed by atoms with Gasteiger partial charge in [0.15, 0.2) is 0 Å². The van der Waals surface area contributed by atoms with Crippen LogP contribution in [0.15, 0.2) is 53.7 Å². The van der Waals surface area contributed by atoms with E-state index in [2.05, 4.69) is 9.89 Å². The Morgan fingerprint density at radius 1 is 1.14 bits per heavy atom. The summed E-state index contributed by atoms with van der Waals surface area (Å²) in [4.78, 5) is 5.11. The molecule has 0 N–H and O–H groups in total. The Morgan fingerprint density at radius 3 is 2.71 bits per heavy atom. The number of rotatable bonds is 6. The van der Waals surface area contributed by atoms with Gasteiger partial charge < -0.3 is 9.57 Å². The summed E-state index contributed by atoms with van der Waals surface area (Å²) in [5.41, 5.74) is 1.26. The van der Waals surface area contributed by atoms with Gasteiger partial charge in [-0.1, -0.05) is 41.0 Å². The van der Waals surface area contributed by atoms with Crippen molar-refractivity contribution < 1.29 is 18.4 Å². The van der Waals surface area contributed by atoms with Crippen LogP contribution in [0.1, 0.15) is 11.1 Å². The highest BCUT2D eigenvalue weighted by molar-refractivity contribution is 6.30. The van der Waals surface area contributed by atoms with Gasteiger partial charge in [0.25, 0.3) is 0 Å². The zero-order valence-electron chi connectivity index (χ0n) is 10.9. The second-order valence-electron chi connectivity index (χ2n) is 4.05. The van der Waals surface area contributed by atoms with Crippen molar-refractivity contribution in [2.45, 2.75) is 13.2 Å². The second-order valence-corrected chi connectivity index (χ2v) is 4.49. The molecule has 0 bridgehead atoms. The van der Waals surface area contributed by atoms with Crippen molar-refractivity contribution in [1.29, 1.82) is 0 Å². The lowest BCUT2D eigenvalue weighted by molar-refractivity contribution is -0.0499. The van der Waals surface area contributed by atoms with Crippen molar-refractivity contribution >= 4 is 17.8 Å². The maximum atomic E-state index is 12.2. The largest absolute Gasteiger partial charge is 0.434 e. The van der Waals surface area contributed by atoms with Crippen LogP contribution in [0.3, 0.4) is 0 Å². The van der Waals surface area contributed by atoms with Crippen LogP contribution in [-0.2, 0) is 11.4 Å². The molecule has 0 radical (unpaired) electrons. The van der Waals surface area contributed by atoms with Gasteiger partial charge in [-0.2, -0.15) is 8.78 Å². The molecule has 0 amide bonds. The van der Waals surface area contributed by atoms with Crippen molar-refractivity contribution in [3.05, 3.63) is 64.7 Å². The lowest BCUT2D eigenvalue weighted by Crippen LogP contribution is -2.04. The first-order valence-electron chi connectivity index (χ1n) is 6.09. The van der Waals surface area contributed by atoms with Gasteiger partial charge in [0, 0.05) is 10.6 Å². The minimum Gasteiger partial charge on any atom is -0.434 e. The molecule has 6 heteroatoms. The minimum atomic E-state index is -2.88. The summed E-state index contributed by atoms with van der Waals surface area (Å²) < 4.78 is 28.9. The van der Waals surface area contributed by atoms with Gasteiger partial charge in [-0.3, -0.25) is 0 Å². The summed E-state index contributed by atoms with van der Waals surface area (Å²) in [7, 11) is 0. The molecule has 0 aliphatic heterocycles. The number of hydrogen-bond acceptors (Lipinski definition) is 3. The Balaban J connectivity index is 1.95. The maximum Gasteiger partial charge on any atom is 0.387 e. The molecule has 0 atom stereocenters. The Hall–Kier alpha value is -2.14. The highest BCUT2D eigenvalue weighted by Crippen LogP contribution is 2.18. The van der Waals surface area contributed by atoms with Crippen molar-refractivity contribution in [3.8, 4) is 5.75 Å². The molecule has 0 saturated heterocycles. The van der Waals surface area contributed by atoms with Crippen molar-refractivity contribution in [2.75, 3.05) is 0 Å². The standard InChI is InChI=1S/C15H12ClF2NO2/c16-13-6-3-4-11(8-13)10-20-19-9-12-5-1-2-7-14(12)21-15(17)18/h1-9,15H,10H2. The van der Waals surface area contributed by atoms with E-state index < -0.39 is 6.61 Å². The summed E-state index contributed by atoms with van der Waals surface area (Å²) in [5.74, 6) is 0.0441. The van der Waals surface area contributed by atoms with Gasteiger partial charge in [0.05, 0.1) is 6.21 Å². The number of alkyl halides is 2. The number of para-hydroxylation sites is 1. The molecule has 2 aromatic rings. The van der Waals surface area contributed by atoms with Crippen LogP contribution < -0.4 is 4.74 Å². The van der Waals surface area contributed by atoms with Crippen LogP contribution in [0.4, 0.5) is 8.78 Å². The number of oxime groups is 1. The van der Waals surface area contributed by atoms with Crippen molar-refractivity contribution in [2.24, 2.45) is 5.16 Å². The molecule has 3 nitrogen and oxygen atoms in total. The average molecular weight is 312 g/mol. The fourth-order valence-corrected chi connectivity index (χ4v) is 1.84. The summed E-state index contributed by atoms with van der Waals surface area (Å²) >= 11 is 5.84. The van der Waals surface area contributed by atoms with E-state index in [0.717, 1.165) is 5.56 Å². The molecule has 2 rings (SSSR count). The van der Waals surface area contributed by atoms with E-state index in [1.54, 1.807) is 36.4 Å². The zero-order valence-corrected chi connectivity index (χ0v) is 11.6. The van der Waals surface area contributed by atoms with Crippen LogP contribution in [-0.4, -0.2) is 12.8 Å². The SMILES string of the molecule is FC(F)Oc1ccccc1C=NOCc1cccc(Cl)c1. The summed E-state index contributed by atoms with van der Waals surface area (Å²) in [6, 6.07) is 13.5. The molecule has 0 aromatic heterocycles. The first-order chi connectivity index (χ1) is 10.1. The highest BCUT2D eigenvalue weighted by Gasteiger charge is 2.07. The number of halogens is 3. The quantitative estimate of drug-likeness (QED) is 0.581. The fraction of sp³-hybridized carbons (Fsp3) is 0.133. The molecule has 0 heterocycles. The zero-order chi connectivity index (χ0) is 15.1. The van der Waals surface area contributed by atoms with E-state index in [1.807, 2.05) is 6.07 Å². The third-order valence-corrected chi connectivity index (χ3v) is 2.76. The lowest BCUT2D eigenvalue weighted by Gasteiger charge is -2.06. The molecule has 2 aromatic carbocycles. The molecule has 0 unspecified atom stereocenters. The van der Waals surface area contributed by atoms with Crippen LogP contribution in [0, 0.1) is 0 Å². The summed E-state index contributed by atoms with van der Waals surface area (Å²) in [6.07, 6.45) is 1.32. The monoisotopic (exact) mass is 311 g/mol. The van der Waals surface area contributed by atoms with E-state index in [4.69, 9.17) is 16.4 Å². The Labute approximate surface area is 125 Å². The predicted octanol–water partition coefficient (Wildman–Crippen LogP) is 4.49. The third-order valence-electron chi connectivity index (χ3n) is 2.52. The van der Waals surface area contributed by atoms with Gasteiger partial charge >= 0.3 is 6.61 Å². The molecule has 0 spiro atoms. The molecule has 110 valence electrons. The van der Waals surface area contributed by atoms with Gasteiger partial charge in [-0.05, 0) is 29.8 Å². The highest BCUT2D eigenvalue weighted by atomic mass is 35.5. The first kappa shape index (κ1) is 15.3. The molecule has 0 aliphatic carbocycles. The van der Waals surface area contributed by atoms with Crippen LogP contribution >= 0.6 is 11.6 Å². The number of benzene rings is 2. The second kappa shape index (κ2) is 7.59. The molecule has 21 heavy (non-hydrogen) atoms. The smallest absolute Gasteiger partial charge is 0.387 e. The van der Waals surface area contributed by atoms with Gasteiger partial charge in [0.2, 0.25) is 0 Å². The normalized spacial score (nSPS) is 11.0. The van der Waals surface area contributed by atoms with Gasteiger partial charge in [-0.25, -0.2) is 0 Å². The van der Waals surface area contributed by atoms with E-state index in [1.165, 1.54) is 12.3 Å². The molecular formula is C15H12ClF2NO2. The molecule has 0 fully saturated rings. The third kappa shape index (κ3) is 5.04. The number of nitrogens with zero attached hydrogens (tertiary/aromatic N) is 1. The molecule has 0 saturated carbocycles. The predicted molar refractivity (Wildman–Crippen MR) is 76.9 cm³/mol. The van der Waals surface area contributed by atoms with E-state index in [0.29, 0.717) is 10.6 Å². The Morgan fingerprint density at radius 2 is 1.95 bits per heavy atom. The van der Waals surface area contributed by atoms with E-state index >= 15 is 0 Å². The topological polar surface area (TPSA) is 30.8 Å². The average Bonchev–Trinajstić information content (AvgIpc) is 2.45. The van der Waals surface area contributed by atoms with Crippen LogP contribution in [0.5, 0.6) is 5.75 Å². The fourth-order valence-electron chi connectivity index (χ4n) is 1.62. The van der Waals surface area contributed by atoms with Gasteiger partial charge in [0.1, 0.15) is 12.4 Å². The summed E-state index contributed by atoms with van der Waals surface area (Å²) in [6.45, 7) is -2.65. The van der Waals surface area contributed by atoms with Crippen LogP contribution in [0.25, 0.3) is 0 Å². The van der Waals surface area contributed by atoms with Crippen molar-refractivity contribution in [3.63, 3.8) is 0 Å². The number of ether oxygens (including phenoxy) is 1. The van der Waals surface area contributed by atoms with Crippen LogP contribution in [0.2, 0.25) is 5.02 Å². The van der Waals surface area contributed by atoms with E-state index in [9.17, 15) is 8.78 Å². The minimum absolute atomic E-state index is 0.0441. The van der Waals surface area contributed by atoms with Crippen molar-refractivity contribution in [1.82, 2.24) is 0 Å². The number of hydrogen-bond donors (Lipinski definition) is 0.